The highest BCUT2D eigenvalue weighted by molar-refractivity contribution is 8.19. The van der Waals surface area contributed by atoms with Crippen molar-refractivity contribution in [2.75, 3.05) is 12.0 Å². The summed E-state index contributed by atoms with van der Waals surface area (Å²) in [5, 5.41) is 0.641. The standard InChI is InChI=1S/C27H26N2O2S/c1-17-10-12-22(14-19(17)3)28-27-29(23-13-11-18(2)20(4)15-23)26(30)25(32-27)16-21-8-6-7-9-24(21)31-5/h6-16H,1-5H3/b25-16+,28-27?. The lowest BCUT2D eigenvalue weighted by Crippen LogP contribution is -2.28. The first-order valence-electron chi connectivity index (χ1n) is 10.5. The van der Waals surface area contributed by atoms with E-state index in [0.717, 1.165) is 28.3 Å². The number of amides is 1. The van der Waals surface area contributed by atoms with Gasteiger partial charge in [0.15, 0.2) is 5.17 Å². The highest BCUT2D eigenvalue weighted by Crippen LogP contribution is 2.38. The fourth-order valence-corrected chi connectivity index (χ4v) is 4.47. The molecule has 0 spiro atoms. The molecule has 0 unspecified atom stereocenters. The van der Waals surface area contributed by atoms with Crippen LogP contribution in [0, 0.1) is 27.7 Å². The average molecular weight is 443 g/mol. The number of carbonyl (C=O) groups excluding carboxylic acids is 1. The normalized spacial score (nSPS) is 16.3. The maximum absolute atomic E-state index is 13.5. The van der Waals surface area contributed by atoms with Crippen LogP contribution in [0.3, 0.4) is 0 Å². The summed E-state index contributed by atoms with van der Waals surface area (Å²) < 4.78 is 5.47. The van der Waals surface area contributed by atoms with Crippen molar-refractivity contribution in [3.63, 3.8) is 0 Å². The summed E-state index contributed by atoms with van der Waals surface area (Å²) in [4.78, 5) is 20.7. The molecule has 1 fully saturated rings. The van der Waals surface area contributed by atoms with Crippen LogP contribution in [0.25, 0.3) is 6.08 Å². The molecule has 0 aliphatic carbocycles. The molecule has 1 amide bonds. The minimum Gasteiger partial charge on any atom is -0.496 e. The molecular formula is C27H26N2O2S. The zero-order valence-electron chi connectivity index (χ0n) is 19.0. The van der Waals surface area contributed by atoms with Gasteiger partial charge in [-0.05, 0) is 98.1 Å². The van der Waals surface area contributed by atoms with Crippen molar-refractivity contribution in [2.45, 2.75) is 27.7 Å². The van der Waals surface area contributed by atoms with E-state index >= 15 is 0 Å². The van der Waals surface area contributed by atoms with Crippen molar-refractivity contribution >= 4 is 40.3 Å². The van der Waals surface area contributed by atoms with Crippen molar-refractivity contribution in [2.24, 2.45) is 4.99 Å². The van der Waals surface area contributed by atoms with E-state index in [4.69, 9.17) is 9.73 Å². The van der Waals surface area contributed by atoms with Crippen LogP contribution in [0.1, 0.15) is 27.8 Å². The minimum absolute atomic E-state index is 0.0910. The van der Waals surface area contributed by atoms with Crippen LogP contribution < -0.4 is 9.64 Å². The number of thioether (sulfide) groups is 1. The minimum atomic E-state index is -0.0910. The third-order valence-electron chi connectivity index (χ3n) is 5.70. The maximum atomic E-state index is 13.5. The number of ether oxygens (including phenoxy) is 1. The first-order valence-corrected chi connectivity index (χ1v) is 11.3. The molecule has 1 aliphatic heterocycles. The van der Waals surface area contributed by atoms with Crippen LogP contribution in [0.2, 0.25) is 0 Å². The van der Waals surface area contributed by atoms with Crippen molar-refractivity contribution < 1.29 is 9.53 Å². The smallest absolute Gasteiger partial charge is 0.271 e. The number of rotatable bonds is 4. The molecule has 1 heterocycles. The Hall–Kier alpha value is -3.31. The molecule has 0 N–H and O–H groups in total. The second-order valence-corrected chi connectivity index (χ2v) is 8.93. The summed E-state index contributed by atoms with van der Waals surface area (Å²) in [6.45, 7) is 8.27. The van der Waals surface area contributed by atoms with Crippen LogP contribution in [-0.4, -0.2) is 18.2 Å². The number of para-hydroxylation sites is 1. The van der Waals surface area contributed by atoms with Gasteiger partial charge >= 0.3 is 0 Å². The van der Waals surface area contributed by atoms with E-state index in [1.54, 1.807) is 12.0 Å². The average Bonchev–Trinajstić information content (AvgIpc) is 3.07. The summed E-state index contributed by atoms with van der Waals surface area (Å²) in [5.41, 5.74) is 7.21. The van der Waals surface area contributed by atoms with Gasteiger partial charge in [-0.1, -0.05) is 30.3 Å². The Kier molecular flexibility index (Phi) is 6.19. The highest BCUT2D eigenvalue weighted by Gasteiger charge is 2.35. The number of methoxy groups -OCH3 is 1. The first-order chi connectivity index (χ1) is 15.4. The fraction of sp³-hybridized carbons (Fsp3) is 0.185. The van der Waals surface area contributed by atoms with Crippen molar-refractivity contribution in [1.82, 2.24) is 0 Å². The number of benzene rings is 3. The van der Waals surface area contributed by atoms with E-state index in [-0.39, 0.29) is 5.91 Å². The molecule has 3 aromatic carbocycles. The Bertz CT molecular complexity index is 1260. The molecule has 5 heteroatoms. The molecule has 0 aromatic heterocycles. The van der Waals surface area contributed by atoms with Gasteiger partial charge in [0.05, 0.1) is 23.4 Å². The SMILES string of the molecule is COc1ccccc1/C=C1/SC(=Nc2ccc(C)c(C)c2)N(c2ccc(C)c(C)c2)C1=O. The summed E-state index contributed by atoms with van der Waals surface area (Å²) in [7, 11) is 1.63. The Labute approximate surface area is 193 Å². The number of amidine groups is 1. The van der Waals surface area contributed by atoms with Gasteiger partial charge in [0.25, 0.3) is 5.91 Å². The molecular weight excluding hydrogens is 416 g/mol. The van der Waals surface area contributed by atoms with Gasteiger partial charge in [-0.2, -0.15) is 0 Å². The predicted octanol–water partition coefficient (Wildman–Crippen LogP) is 6.74. The van der Waals surface area contributed by atoms with Crippen molar-refractivity contribution in [1.29, 1.82) is 0 Å². The Morgan fingerprint density at radius 1 is 0.875 bits per heavy atom. The van der Waals surface area contributed by atoms with Gasteiger partial charge in [0.1, 0.15) is 5.75 Å². The molecule has 4 rings (SSSR count). The largest absolute Gasteiger partial charge is 0.496 e. The summed E-state index contributed by atoms with van der Waals surface area (Å²) in [5.74, 6) is 0.637. The quantitative estimate of drug-likeness (QED) is 0.420. The van der Waals surface area contributed by atoms with Gasteiger partial charge in [-0.3, -0.25) is 9.69 Å². The third-order valence-corrected chi connectivity index (χ3v) is 6.66. The van der Waals surface area contributed by atoms with Crippen molar-refractivity contribution in [3.05, 3.63) is 93.4 Å². The molecule has 0 bridgehead atoms. The van der Waals surface area contributed by atoms with E-state index in [0.29, 0.717) is 10.1 Å². The lowest BCUT2D eigenvalue weighted by molar-refractivity contribution is -0.113. The van der Waals surface area contributed by atoms with Gasteiger partial charge in [-0.25, -0.2) is 4.99 Å². The van der Waals surface area contributed by atoms with Gasteiger partial charge in [0.2, 0.25) is 0 Å². The van der Waals surface area contributed by atoms with Gasteiger partial charge < -0.3 is 4.74 Å². The number of hydrogen-bond acceptors (Lipinski definition) is 4. The van der Waals surface area contributed by atoms with Crippen molar-refractivity contribution in [3.8, 4) is 5.75 Å². The molecule has 1 aliphatic rings. The van der Waals surface area contributed by atoms with Crippen LogP contribution in [0.15, 0.2) is 70.6 Å². The number of nitrogens with zero attached hydrogens (tertiary/aromatic N) is 2. The fourth-order valence-electron chi connectivity index (χ4n) is 3.47. The van der Waals surface area contributed by atoms with Gasteiger partial charge in [0, 0.05) is 5.56 Å². The van der Waals surface area contributed by atoms with Crippen LogP contribution in [0.5, 0.6) is 5.75 Å². The van der Waals surface area contributed by atoms with Crippen LogP contribution in [-0.2, 0) is 4.79 Å². The highest BCUT2D eigenvalue weighted by atomic mass is 32.2. The molecule has 0 saturated carbocycles. The van der Waals surface area contributed by atoms with E-state index in [1.807, 2.05) is 60.7 Å². The van der Waals surface area contributed by atoms with E-state index in [1.165, 1.54) is 28.5 Å². The Morgan fingerprint density at radius 2 is 1.56 bits per heavy atom. The second kappa shape index (κ2) is 9.05. The third kappa shape index (κ3) is 4.34. The lowest BCUT2D eigenvalue weighted by Gasteiger charge is -2.17. The second-order valence-electron chi connectivity index (χ2n) is 7.92. The summed E-state index contributed by atoms with van der Waals surface area (Å²) >= 11 is 1.38. The number of hydrogen-bond donors (Lipinski definition) is 0. The zero-order chi connectivity index (χ0) is 22.8. The van der Waals surface area contributed by atoms with E-state index < -0.39 is 0 Å². The summed E-state index contributed by atoms with van der Waals surface area (Å²) in [6.07, 6.45) is 1.88. The van der Waals surface area contributed by atoms with Crippen LogP contribution >= 0.6 is 11.8 Å². The molecule has 32 heavy (non-hydrogen) atoms. The molecule has 0 atom stereocenters. The predicted molar refractivity (Wildman–Crippen MR) is 135 cm³/mol. The van der Waals surface area contributed by atoms with E-state index in [9.17, 15) is 4.79 Å². The number of carbonyl (C=O) groups is 1. The maximum Gasteiger partial charge on any atom is 0.271 e. The molecule has 4 nitrogen and oxygen atoms in total. The number of anilines is 1. The monoisotopic (exact) mass is 442 g/mol. The lowest BCUT2D eigenvalue weighted by atomic mass is 10.1. The molecule has 3 aromatic rings. The van der Waals surface area contributed by atoms with Gasteiger partial charge in [-0.15, -0.1) is 0 Å². The topological polar surface area (TPSA) is 41.9 Å². The van der Waals surface area contributed by atoms with Crippen LogP contribution in [0.4, 0.5) is 11.4 Å². The Balaban J connectivity index is 1.82. The number of aryl methyl sites for hydroxylation is 4. The molecule has 1 saturated heterocycles. The molecule has 162 valence electrons. The Morgan fingerprint density at radius 3 is 2.25 bits per heavy atom. The summed E-state index contributed by atoms with van der Waals surface area (Å²) in [6, 6.07) is 19.8. The first kappa shape index (κ1) is 21.9. The zero-order valence-corrected chi connectivity index (χ0v) is 19.8. The number of aliphatic imine (C=N–C) groups is 1. The van der Waals surface area contributed by atoms with E-state index in [2.05, 4.69) is 33.8 Å². The molecule has 0 radical (unpaired) electrons.